The Morgan fingerprint density at radius 1 is 0.272 bits per heavy atom. The Bertz CT molecular complexity index is 2720. The molecule has 0 spiro atoms. The van der Waals surface area contributed by atoms with Gasteiger partial charge in [0.25, 0.3) is 0 Å². The maximum Gasteiger partial charge on any atom is 0.219 e. The molecule has 0 aromatic rings. The average molecular weight is 1810 g/mol. The third-order valence-electron chi connectivity index (χ3n) is 22.7. The van der Waals surface area contributed by atoms with Crippen molar-refractivity contribution in [2.45, 2.75) is 335 Å². The van der Waals surface area contributed by atoms with E-state index in [0.717, 1.165) is 195 Å². The number of morpholine rings is 1. The van der Waals surface area contributed by atoms with Crippen molar-refractivity contribution in [1.82, 2.24) is 53.3 Å². The molecular weight excluding hydrogens is 1600 g/mol. The largest absolute Gasteiger partial charge is 0.379 e. The molecule has 25 nitrogen and oxygen atoms in total. The Morgan fingerprint density at radius 3 is 0.760 bits per heavy atom. The van der Waals surface area contributed by atoms with Gasteiger partial charge < -0.3 is 76.8 Å². The lowest BCUT2D eigenvalue weighted by atomic mass is 9.90. The summed E-state index contributed by atoms with van der Waals surface area (Å²) in [6, 6.07) is 0. The van der Waals surface area contributed by atoms with Crippen LogP contribution in [0.2, 0.25) is 0 Å². The van der Waals surface area contributed by atoms with Gasteiger partial charge in [0.2, 0.25) is 21.8 Å². The summed E-state index contributed by atoms with van der Waals surface area (Å²) in [5, 5.41) is 0. The van der Waals surface area contributed by atoms with Crippen LogP contribution in [0.1, 0.15) is 284 Å². The number of likely N-dealkylation sites (tertiary alicyclic amines) is 3. The van der Waals surface area contributed by atoms with Crippen molar-refractivity contribution in [2.24, 2.45) is 23.7 Å². The maximum absolute atomic E-state index is 11.3. The minimum atomic E-state index is -3.00. The summed E-state index contributed by atoms with van der Waals surface area (Å²) >= 11 is 0. The first kappa shape index (κ1) is 121. The molecule has 9 rings (SSSR count). The molecular formula is C99H205N11O14S. The zero-order valence-electron chi connectivity index (χ0n) is 87.9. The van der Waals surface area contributed by atoms with E-state index in [4.69, 9.17) is 47.4 Å². The minimum Gasteiger partial charge on any atom is -0.379 e. The van der Waals surface area contributed by atoms with E-state index in [1.54, 1.807) is 18.2 Å². The predicted octanol–water partition coefficient (Wildman–Crippen LogP) is 15.2. The number of rotatable bonds is 24. The van der Waals surface area contributed by atoms with Gasteiger partial charge in [-0.15, -0.1) is 0 Å². The second kappa shape index (κ2) is 61.9. The molecule has 9 aliphatic rings. The summed E-state index contributed by atoms with van der Waals surface area (Å²) < 4.78 is 80.9. The lowest BCUT2D eigenvalue weighted by Crippen LogP contribution is -2.49. The fraction of sp³-hybridized carbons (Fsp3) is 0.980. The quantitative estimate of drug-likeness (QED) is 0.0884. The van der Waals surface area contributed by atoms with E-state index in [1.165, 1.54) is 143 Å². The molecule has 2 amide bonds. The minimum absolute atomic E-state index is 0.00653. The molecule has 1 saturated carbocycles. The fourth-order valence-corrected chi connectivity index (χ4v) is 15.4. The molecule has 0 radical (unpaired) electrons. The number of amides is 2. The van der Waals surface area contributed by atoms with Crippen LogP contribution < -0.4 is 0 Å². The van der Waals surface area contributed by atoms with Gasteiger partial charge >= 0.3 is 0 Å². The molecule has 0 N–H and O–H groups in total. The van der Waals surface area contributed by atoms with Crippen LogP contribution in [-0.4, -0.2) is 401 Å². The van der Waals surface area contributed by atoms with Gasteiger partial charge in [-0.1, -0.05) is 19.3 Å². The van der Waals surface area contributed by atoms with Crippen LogP contribution >= 0.6 is 0 Å². The molecule has 746 valence electrons. The maximum atomic E-state index is 11.3. The van der Waals surface area contributed by atoms with E-state index in [9.17, 15) is 18.0 Å². The van der Waals surface area contributed by atoms with Gasteiger partial charge in [-0.05, 0) is 322 Å². The molecule has 9 fully saturated rings. The van der Waals surface area contributed by atoms with Crippen molar-refractivity contribution in [3.8, 4) is 0 Å². The molecule has 0 aromatic carbocycles. The first-order valence-electron chi connectivity index (χ1n) is 49.1. The van der Waals surface area contributed by atoms with E-state index in [1.807, 2.05) is 30.6 Å². The molecule has 1 aliphatic carbocycles. The van der Waals surface area contributed by atoms with Crippen molar-refractivity contribution in [2.75, 3.05) is 277 Å². The standard InChI is InChI=1S/C12H24N2O2.C12H23NO2.2C11H24N2O.C11H23NO3S.C11H23NO.C11H22O.C10H21NO2.C10H21NO/c1-11(15)14-7-5-13(6-8-14)9-10-16-12(2,3)4;1-10(14)13-7-5-11(6-8-13)9-15-12(2,3)4;2*1-11(2,3)14-10-9-13-7-5-12(4)6-8-13;1-11(2,3)15-9-10-5-7-12(8-6-10)16(4,13)14;1-11(2,3)13-9-10-5-7-12(4)8-6-10;1-11(2,3)12-9-10-7-5-4-6-8-10;1-10(2,3)13-9-6-11-4-7-12-8-5-11;1-10(2,3)12-9-8-11-6-4-5-7-11/h5-10H2,1-4H3;11H,5-9H2,1-4H3;2*5-10H2,1-4H3;10H,5-9H2,1-4H3;10H,5-9H2,1-4H3;10H,4-9H2,1-3H3;4-9H2,1-3H3;4-9H2,1-3H3. The monoisotopic (exact) mass is 1800 g/mol. The van der Waals surface area contributed by atoms with Crippen LogP contribution in [0.15, 0.2) is 0 Å². The van der Waals surface area contributed by atoms with Gasteiger partial charge in [-0.3, -0.25) is 29.2 Å². The summed E-state index contributed by atoms with van der Waals surface area (Å²) in [6.07, 6.45) is 17.6. The SMILES string of the molecule is CC(=O)N1CCC(COC(C)(C)C)CC1.CC(=O)N1CCN(CCOC(C)(C)C)CC1.CC(C)(C)OCC1CCCCC1.CC(C)(C)OCC1CCN(S(C)(=O)=O)CC1.CC(C)(C)OCCN1CCCC1.CC(C)(C)OCCN1CCOCC1.CN1CCC(COC(C)(C)C)CC1.CN1CCN(CCOC(C)(C)C)CC1.CN1CCN(CCOC(C)(C)C)CC1. The summed E-state index contributed by atoms with van der Waals surface area (Å²) in [6.45, 7) is 97.8. The van der Waals surface area contributed by atoms with Gasteiger partial charge in [0.15, 0.2) is 0 Å². The summed E-state index contributed by atoms with van der Waals surface area (Å²) in [5.41, 5.74) is -0.0845. The molecule has 0 aromatic heterocycles. The molecule has 0 unspecified atom stereocenters. The molecule has 0 atom stereocenters. The Balaban J connectivity index is 0.000000704. The second-order valence-corrected chi connectivity index (χ2v) is 47.4. The number of ether oxygens (including phenoxy) is 10. The van der Waals surface area contributed by atoms with Crippen molar-refractivity contribution in [1.29, 1.82) is 0 Å². The zero-order valence-corrected chi connectivity index (χ0v) is 88.7. The average Bonchev–Trinajstić information content (AvgIpc) is 1.16. The number of carbonyl (C=O) groups is 2. The Morgan fingerprint density at radius 2 is 0.496 bits per heavy atom. The third-order valence-corrected chi connectivity index (χ3v) is 24.0. The number of carbonyl (C=O) groups excluding carboxylic acids is 2. The van der Waals surface area contributed by atoms with Crippen LogP contribution in [-0.2, 0) is 67.0 Å². The van der Waals surface area contributed by atoms with Gasteiger partial charge in [0.1, 0.15) is 0 Å². The molecule has 0 bridgehead atoms. The van der Waals surface area contributed by atoms with Gasteiger partial charge in [-0.25, -0.2) is 12.7 Å². The lowest BCUT2D eigenvalue weighted by molar-refractivity contribution is -0.131. The van der Waals surface area contributed by atoms with E-state index in [-0.39, 0.29) is 62.2 Å². The van der Waals surface area contributed by atoms with E-state index >= 15 is 0 Å². The summed E-state index contributed by atoms with van der Waals surface area (Å²) in [7, 11) is 3.56. The summed E-state index contributed by atoms with van der Waals surface area (Å²) in [4.78, 5) is 45.4. The van der Waals surface area contributed by atoms with Crippen LogP contribution in [0, 0.1) is 23.7 Å². The number of sulfonamides is 1. The van der Waals surface area contributed by atoms with Gasteiger partial charge in [0, 0.05) is 164 Å². The normalized spacial score (nSPS) is 20.7. The van der Waals surface area contributed by atoms with Crippen molar-refractivity contribution < 1.29 is 65.4 Å². The highest BCUT2D eigenvalue weighted by Gasteiger charge is 2.29. The summed E-state index contributed by atoms with van der Waals surface area (Å²) in [5.74, 6) is 3.14. The first-order chi connectivity index (χ1) is 57.6. The van der Waals surface area contributed by atoms with Crippen LogP contribution in [0.25, 0.3) is 0 Å². The van der Waals surface area contributed by atoms with Gasteiger partial charge in [0.05, 0.1) is 129 Å². The Labute approximate surface area is 771 Å². The number of piperidine rings is 3. The van der Waals surface area contributed by atoms with E-state index < -0.39 is 10.0 Å². The lowest BCUT2D eigenvalue weighted by Gasteiger charge is -2.34. The van der Waals surface area contributed by atoms with Crippen molar-refractivity contribution >= 4 is 21.8 Å². The predicted molar refractivity (Wildman–Crippen MR) is 522 cm³/mol. The highest BCUT2D eigenvalue weighted by atomic mass is 32.2. The first-order valence-corrected chi connectivity index (χ1v) is 50.9. The smallest absolute Gasteiger partial charge is 0.219 e. The highest BCUT2D eigenvalue weighted by molar-refractivity contribution is 7.88. The van der Waals surface area contributed by atoms with Crippen molar-refractivity contribution in [3.63, 3.8) is 0 Å². The molecule has 8 saturated heterocycles. The van der Waals surface area contributed by atoms with Gasteiger partial charge in [-0.2, -0.15) is 0 Å². The Hall–Kier alpha value is -1.87. The molecule has 8 aliphatic heterocycles. The fourth-order valence-electron chi connectivity index (χ4n) is 14.5. The number of hydrogen-bond donors (Lipinski definition) is 0. The van der Waals surface area contributed by atoms with Crippen LogP contribution in [0.5, 0.6) is 0 Å². The van der Waals surface area contributed by atoms with E-state index in [2.05, 4.69) is 227 Å². The number of piperazine rings is 3. The number of nitrogens with zero attached hydrogens (tertiary/aromatic N) is 11. The number of hydrogen-bond acceptors (Lipinski definition) is 22. The number of likely N-dealkylation sites (N-methyl/N-ethyl adjacent to an activating group) is 2. The van der Waals surface area contributed by atoms with Crippen LogP contribution in [0.3, 0.4) is 0 Å². The van der Waals surface area contributed by atoms with Crippen LogP contribution in [0.4, 0.5) is 0 Å². The van der Waals surface area contributed by atoms with Crippen molar-refractivity contribution in [3.05, 3.63) is 0 Å². The third kappa shape index (κ3) is 74.2. The Kier molecular flexibility index (Phi) is 60.0. The topological polar surface area (TPSA) is 196 Å². The molecule has 125 heavy (non-hydrogen) atoms. The molecule has 8 heterocycles. The molecule has 26 heteroatoms. The second-order valence-electron chi connectivity index (χ2n) is 45.4. The zero-order chi connectivity index (χ0) is 94.9. The van der Waals surface area contributed by atoms with E-state index in [0.29, 0.717) is 24.9 Å². The highest BCUT2D eigenvalue weighted by Crippen LogP contribution is 2.27.